The van der Waals surface area contributed by atoms with Crippen LogP contribution in [0, 0.1) is 5.41 Å². The minimum atomic E-state index is 0.371. The van der Waals surface area contributed by atoms with E-state index >= 15 is 0 Å². The second-order valence-electron chi connectivity index (χ2n) is 6.62. The van der Waals surface area contributed by atoms with Crippen molar-refractivity contribution in [3.63, 3.8) is 0 Å². The fraction of sp³-hybridized carbons (Fsp3) is 0.929. The van der Waals surface area contributed by atoms with Crippen LogP contribution in [-0.2, 0) is 11.3 Å². The summed E-state index contributed by atoms with van der Waals surface area (Å²) in [6, 6.07) is 1.11. The van der Waals surface area contributed by atoms with Gasteiger partial charge in [0.25, 0.3) is 0 Å². The molecule has 0 amide bonds. The second kappa shape index (κ2) is 5.07. The maximum atomic E-state index is 5.76. The zero-order valence-electron chi connectivity index (χ0n) is 11.9. The van der Waals surface area contributed by atoms with Crippen molar-refractivity contribution in [3.8, 4) is 0 Å². The lowest BCUT2D eigenvalue weighted by molar-refractivity contribution is -0.0306. The van der Waals surface area contributed by atoms with Crippen LogP contribution < -0.4 is 5.32 Å². The summed E-state index contributed by atoms with van der Waals surface area (Å²) < 4.78 is 7.77. The summed E-state index contributed by atoms with van der Waals surface area (Å²) >= 11 is 0. The van der Waals surface area contributed by atoms with Gasteiger partial charge < -0.3 is 10.1 Å². The predicted octanol–water partition coefficient (Wildman–Crippen LogP) is 1.45. The van der Waals surface area contributed by atoms with Crippen LogP contribution in [0.15, 0.2) is 0 Å². The Labute approximate surface area is 119 Å². The van der Waals surface area contributed by atoms with Crippen molar-refractivity contribution in [2.24, 2.45) is 5.41 Å². The van der Waals surface area contributed by atoms with Crippen LogP contribution in [0.25, 0.3) is 0 Å². The quantitative estimate of drug-likeness (QED) is 0.902. The molecule has 2 aliphatic carbocycles. The third-order valence-electron chi connectivity index (χ3n) is 5.24. The molecule has 2 heterocycles. The van der Waals surface area contributed by atoms with Gasteiger partial charge in [-0.05, 0) is 42.5 Å². The Morgan fingerprint density at radius 2 is 2.10 bits per heavy atom. The number of aromatic nitrogens is 4. The molecule has 1 N–H and O–H groups in total. The molecule has 0 radical (unpaired) electrons. The van der Waals surface area contributed by atoms with Crippen molar-refractivity contribution in [2.75, 3.05) is 13.2 Å². The van der Waals surface area contributed by atoms with Gasteiger partial charge in [0.1, 0.15) is 0 Å². The molecule has 20 heavy (non-hydrogen) atoms. The Morgan fingerprint density at radius 1 is 1.25 bits per heavy atom. The van der Waals surface area contributed by atoms with E-state index in [0.29, 0.717) is 17.5 Å². The van der Waals surface area contributed by atoms with Crippen molar-refractivity contribution < 1.29 is 4.74 Å². The molecule has 2 saturated carbocycles. The molecule has 6 heteroatoms. The van der Waals surface area contributed by atoms with E-state index in [0.717, 1.165) is 32.0 Å². The van der Waals surface area contributed by atoms with Crippen LogP contribution in [-0.4, -0.2) is 39.5 Å². The Kier molecular flexibility index (Phi) is 3.22. The van der Waals surface area contributed by atoms with E-state index < -0.39 is 0 Å². The standard InChI is InChI=1S/C14H23N5O/c1-2-7-14(6-1)10-20-8-5-12(14)15-9-13-16-17-18-19(13)11-3-4-11/h11-12,15H,1-10H2/t12-/m0/s1. The molecule has 0 bridgehead atoms. The molecule has 1 aliphatic heterocycles. The largest absolute Gasteiger partial charge is 0.381 e. The lowest BCUT2D eigenvalue weighted by Gasteiger charge is -2.41. The summed E-state index contributed by atoms with van der Waals surface area (Å²) in [5, 5.41) is 15.9. The monoisotopic (exact) mass is 277 g/mol. The topological polar surface area (TPSA) is 64.9 Å². The van der Waals surface area contributed by atoms with Crippen molar-refractivity contribution in [1.29, 1.82) is 0 Å². The summed E-state index contributed by atoms with van der Waals surface area (Å²) in [6.07, 6.45) is 8.86. The van der Waals surface area contributed by atoms with Crippen molar-refractivity contribution in [2.45, 2.75) is 63.6 Å². The summed E-state index contributed by atoms with van der Waals surface area (Å²) in [7, 11) is 0. The van der Waals surface area contributed by atoms with Gasteiger partial charge in [-0.2, -0.15) is 0 Å². The highest BCUT2D eigenvalue weighted by molar-refractivity contribution is 4.98. The Morgan fingerprint density at radius 3 is 2.90 bits per heavy atom. The summed E-state index contributed by atoms with van der Waals surface area (Å²) in [5.41, 5.74) is 0.371. The number of ether oxygens (including phenoxy) is 1. The van der Waals surface area contributed by atoms with Gasteiger partial charge in [-0.25, -0.2) is 4.68 Å². The van der Waals surface area contributed by atoms with Gasteiger partial charge in [0, 0.05) is 18.1 Å². The fourth-order valence-electron chi connectivity index (χ4n) is 3.92. The van der Waals surface area contributed by atoms with E-state index in [1.807, 2.05) is 4.68 Å². The fourth-order valence-corrected chi connectivity index (χ4v) is 3.92. The predicted molar refractivity (Wildman–Crippen MR) is 73.1 cm³/mol. The van der Waals surface area contributed by atoms with Crippen LogP contribution in [0.5, 0.6) is 0 Å². The van der Waals surface area contributed by atoms with Gasteiger partial charge >= 0.3 is 0 Å². The van der Waals surface area contributed by atoms with Crippen molar-refractivity contribution in [1.82, 2.24) is 25.5 Å². The average molecular weight is 277 g/mol. The highest BCUT2D eigenvalue weighted by Gasteiger charge is 2.43. The van der Waals surface area contributed by atoms with E-state index in [-0.39, 0.29) is 0 Å². The summed E-state index contributed by atoms with van der Waals surface area (Å²) in [4.78, 5) is 0. The van der Waals surface area contributed by atoms with E-state index in [1.165, 1.54) is 38.5 Å². The first kappa shape index (κ1) is 12.7. The average Bonchev–Trinajstić information content (AvgIpc) is 3.03. The molecule has 1 atom stereocenters. The van der Waals surface area contributed by atoms with E-state index in [2.05, 4.69) is 20.8 Å². The zero-order chi connectivity index (χ0) is 13.4. The zero-order valence-corrected chi connectivity index (χ0v) is 11.9. The maximum absolute atomic E-state index is 5.76. The number of rotatable bonds is 4. The molecule has 1 saturated heterocycles. The van der Waals surface area contributed by atoms with Gasteiger partial charge in [0.15, 0.2) is 5.82 Å². The minimum Gasteiger partial charge on any atom is -0.381 e. The molecule has 6 nitrogen and oxygen atoms in total. The van der Waals surface area contributed by atoms with E-state index in [4.69, 9.17) is 4.74 Å². The first-order valence-corrected chi connectivity index (χ1v) is 7.95. The maximum Gasteiger partial charge on any atom is 0.165 e. The molecule has 110 valence electrons. The molecular weight excluding hydrogens is 254 g/mol. The number of hydrogen-bond donors (Lipinski definition) is 1. The molecule has 0 aromatic carbocycles. The van der Waals surface area contributed by atoms with Gasteiger partial charge in [-0.3, -0.25) is 0 Å². The molecular formula is C14H23N5O. The third kappa shape index (κ3) is 2.24. The Hall–Kier alpha value is -1.01. The van der Waals surface area contributed by atoms with Crippen LogP contribution in [0.1, 0.15) is 56.8 Å². The lowest BCUT2D eigenvalue weighted by Crippen LogP contribution is -2.50. The third-order valence-corrected chi connectivity index (χ3v) is 5.24. The van der Waals surface area contributed by atoms with Crippen molar-refractivity contribution in [3.05, 3.63) is 5.82 Å². The lowest BCUT2D eigenvalue weighted by atomic mass is 9.76. The van der Waals surface area contributed by atoms with Gasteiger partial charge in [0.05, 0.1) is 19.2 Å². The number of tetrazole rings is 1. The van der Waals surface area contributed by atoms with Crippen LogP contribution in [0.3, 0.4) is 0 Å². The van der Waals surface area contributed by atoms with Gasteiger partial charge in [-0.15, -0.1) is 5.10 Å². The SMILES string of the molecule is C1CCC2(C1)COCC[C@@H]2NCc1nnnn1C1CC1. The molecule has 4 rings (SSSR count). The summed E-state index contributed by atoms with van der Waals surface area (Å²) in [6.45, 7) is 2.60. The normalized spacial score (nSPS) is 29.1. The van der Waals surface area contributed by atoms with E-state index in [9.17, 15) is 0 Å². The first-order valence-electron chi connectivity index (χ1n) is 7.95. The smallest absolute Gasteiger partial charge is 0.165 e. The number of hydrogen-bond acceptors (Lipinski definition) is 5. The van der Waals surface area contributed by atoms with Crippen LogP contribution in [0.4, 0.5) is 0 Å². The van der Waals surface area contributed by atoms with E-state index in [1.54, 1.807) is 0 Å². The highest BCUT2D eigenvalue weighted by Crippen LogP contribution is 2.44. The second-order valence-corrected chi connectivity index (χ2v) is 6.62. The van der Waals surface area contributed by atoms with Crippen molar-refractivity contribution >= 4 is 0 Å². The molecule has 1 aromatic rings. The number of nitrogens with one attached hydrogen (secondary N) is 1. The molecule has 3 fully saturated rings. The molecule has 1 spiro atoms. The van der Waals surface area contributed by atoms with Gasteiger partial charge in [-0.1, -0.05) is 12.8 Å². The Bertz CT molecular complexity index is 464. The number of nitrogens with zero attached hydrogens (tertiary/aromatic N) is 4. The molecule has 1 aromatic heterocycles. The minimum absolute atomic E-state index is 0.371. The Balaban J connectivity index is 1.43. The highest BCUT2D eigenvalue weighted by atomic mass is 16.5. The van der Waals surface area contributed by atoms with Gasteiger partial charge in [0.2, 0.25) is 0 Å². The summed E-state index contributed by atoms with van der Waals surface area (Å²) in [5.74, 6) is 0.993. The van der Waals surface area contributed by atoms with Crippen LogP contribution in [0.2, 0.25) is 0 Å². The molecule has 3 aliphatic rings. The van der Waals surface area contributed by atoms with Crippen LogP contribution >= 0.6 is 0 Å². The molecule has 0 unspecified atom stereocenters. The first-order chi connectivity index (χ1) is 9.87.